The van der Waals surface area contributed by atoms with E-state index >= 15 is 0 Å². The van der Waals surface area contributed by atoms with Crippen LogP contribution in [0.25, 0.3) is 27.5 Å². The van der Waals surface area contributed by atoms with Gasteiger partial charge >= 0.3 is 0 Å². The van der Waals surface area contributed by atoms with Gasteiger partial charge in [-0.05, 0) is 35.7 Å². The molecule has 4 rings (SSSR count). The van der Waals surface area contributed by atoms with E-state index in [1.54, 1.807) is 12.3 Å². The highest BCUT2D eigenvalue weighted by Crippen LogP contribution is 2.24. The number of nitrogens with one attached hydrogen (secondary N) is 1. The van der Waals surface area contributed by atoms with E-state index in [2.05, 4.69) is 4.98 Å². The second-order valence-electron chi connectivity index (χ2n) is 4.97. The van der Waals surface area contributed by atoms with E-state index in [4.69, 9.17) is 0 Å². The molecule has 2 aromatic carbocycles. The molecule has 102 valence electrons. The molecular formula is C17H12N2O2. The summed E-state index contributed by atoms with van der Waals surface area (Å²) >= 11 is 0. The molecule has 0 radical (unpaired) electrons. The third kappa shape index (κ3) is 1.73. The molecule has 0 amide bonds. The summed E-state index contributed by atoms with van der Waals surface area (Å²) in [5.41, 5.74) is 2.47. The third-order valence-electron chi connectivity index (χ3n) is 3.72. The van der Waals surface area contributed by atoms with Crippen molar-refractivity contribution in [3.05, 3.63) is 71.1 Å². The van der Waals surface area contributed by atoms with Gasteiger partial charge in [0.15, 0.2) is 5.43 Å². The van der Waals surface area contributed by atoms with E-state index in [0.717, 1.165) is 16.6 Å². The van der Waals surface area contributed by atoms with E-state index in [-0.39, 0.29) is 11.2 Å². The van der Waals surface area contributed by atoms with Crippen molar-refractivity contribution >= 4 is 21.8 Å². The molecule has 0 aliphatic heterocycles. The molecule has 0 fully saturated rings. The lowest BCUT2D eigenvalue weighted by atomic mass is 10.1. The summed E-state index contributed by atoms with van der Waals surface area (Å²) in [6.07, 6.45) is 3.62. The maximum atomic E-state index is 12.0. The molecule has 21 heavy (non-hydrogen) atoms. The number of rotatable bonds is 1. The molecule has 2 N–H and O–H groups in total. The summed E-state index contributed by atoms with van der Waals surface area (Å²) in [7, 11) is 0. The molecule has 4 nitrogen and oxygen atoms in total. The van der Waals surface area contributed by atoms with Gasteiger partial charge in [-0.25, -0.2) is 0 Å². The van der Waals surface area contributed by atoms with Crippen LogP contribution in [-0.2, 0) is 0 Å². The number of aromatic hydroxyl groups is 1. The maximum absolute atomic E-state index is 12.0. The number of phenolic OH excluding ortho intramolecular Hbond substituents is 1. The minimum Gasteiger partial charge on any atom is -0.507 e. The van der Waals surface area contributed by atoms with Gasteiger partial charge in [0.25, 0.3) is 0 Å². The van der Waals surface area contributed by atoms with E-state index < -0.39 is 0 Å². The number of nitrogens with zero attached hydrogens (tertiary/aromatic N) is 1. The lowest BCUT2D eigenvalue weighted by Gasteiger charge is -2.11. The Kier molecular flexibility index (Phi) is 2.38. The summed E-state index contributed by atoms with van der Waals surface area (Å²) in [6, 6.07) is 14.6. The first kappa shape index (κ1) is 11.8. The van der Waals surface area contributed by atoms with Crippen LogP contribution in [0.4, 0.5) is 0 Å². The van der Waals surface area contributed by atoms with E-state index in [9.17, 15) is 9.90 Å². The average molecular weight is 276 g/mol. The van der Waals surface area contributed by atoms with E-state index in [1.807, 2.05) is 41.1 Å². The van der Waals surface area contributed by atoms with Crippen LogP contribution < -0.4 is 5.43 Å². The number of H-pyrrole nitrogens is 1. The molecule has 0 saturated heterocycles. The van der Waals surface area contributed by atoms with Gasteiger partial charge in [0, 0.05) is 29.7 Å². The minimum absolute atomic E-state index is 0.00722. The van der Waals surface area contributed by atoms with Crippen LogP contribution >= 0.6 is 0 Å². The molecule has 0 atom stereocenters. The van der Waals surface area contributed by atoms with Crippen molar-refractivity contribution in [1.29, 1.82) is 0 Å². The Morgan fingerprint density at radius 1 is 1.05 bits per heavy atom. The van der Waals surface area contributed by atoms with Crippen LogP contribution in [0.15, 0.2) is 65.7 Å². The van der Waals surface area contributed by atoms with Crippen molar-refractivity contribution in [3.63, 3.8) is 0 Å². The van der Waals surface area contributed by atoms with Crippen molar-refractivity contribution in [2.45, 2.75) is 0 Å². The lowest BCUT2D eigenvalue weighted by Crippen LogP contribution is -2.06. The Bertz CT molecular complexity index is 1030. The highest BCUT2D eigenvalue weighted by molar-refractivity contribution is 5.87. The van der Waals surface area contributed by atoms with Crippen molar-refractivity contribution in [2.75, 3.05) is 0 Å². The summed E-state index contributed by atoms with van der Waals surface area (Å²) in [5, 5.41) is 11.4. The largest absolute Gasteiger partial charge is 0.507 e. The summed E-state index contributed by atoms with van der Waals surface area (Å²) in [5.74, 6) is 0.00722. The lowest BCUT2D eigenvalue weighted by molar-refractivity contribution is 0.481. The SMILES string of the molecule is O=c1ccn(-c2ccc3cc[nH]c3c2)c2cccc(O)c12. The zero-order chi connectivity index (χ0) is 14.4. The molecule has 4 aromatic rings. The monoisotopic (exact) mass is 276 g/mol. The van der Waals surface area contributed by atoms with Gasteiger partial charge in [0.05, 0.1) is 10.9 Å². The van der Waals surface area contributed by atoms with Crippen LogP contribution in [0.5, 0.6) is 5.75 Å². The van der Waals surface area contributed by atoms with Gasteiger partial charge in [0.2, 0.25) is 0 Å². The maximum Gasteiger partial charge on any atom is 0.193 e. The standard InChI is InChI=1S/C17H12N2O2/c20-15-3-1-2-14-17(15)16(21)7-9-19(14)12-5-4-11-6-8-18-13(11)10-12/h1-10,18,20H. The van der Waals surface area contributed by atoms with E-state index in [1.165, 1.54) is 12.1 Å². The number of pyridine rings is 1. The predicted molar refractivity (Wildman–Crippen MR) is 83.1 cm³/mol. The van der Waals surface area contributed by atoms with Crippen molar-refractivity contribution in [1.82, 2.24) is 9.55 Å². The Labute approximate surface area is 119 Å². The fourth-order valence-corrected chi connectivity index (χ4v) is 2.70. The molecule has 0 unspecified atom stereocenters. The minimum atomic E-state index is -0.180. The fourth-order valence-electron chi connectivity index (χ4n) is 2.70. The normalized spacial score (nSPS) is 11.2. The molecule has 4 heteroatoms. The van der Waals surface area contributed by atoms with Gasteiger partial charge in [0.1, 0.15) is 5.75 Å². The van der Waals surface area contributed by atoms with Crippen molar-refractivity contribution in [2.24, 2.45) is 0 Å². The van der Waals surface area contributed by atoms with Gasteiger partial charge < -0.3 is 14.7 Å². The summed E-state index contributed by atoms with van der Waals surface area (Å²) < 4.78 is 1.90. The Morgan fingerprint density at radius 2 is 1.95 bits per heavy atom. The summed E-state index contributed by atoms with van der Waals surface area (Å²) in [4.78, 5) is 15.2. The average Bonchev–Trinajstić information content (AvgIpc) is 2.95. The zero-order valence-electron chi connectivity index (χ0n) is 11.1. The molecule has 0 aliphatic rings. The molecule has 0 bridgehead atoms. The van der Waals surface area contributed by atoms with Gasteiger partial charge in [-0.1, -0.05) is 12.1 Å². The number of aromatic nitrogens is 2. The molecule has 0 aliphatic carbocycles. The van der Waals surface area contributed by atoms with Crippen LogP contribution in [0, 0.1) is 0 Å². The molecule has 0 spiro atoms. The third-order valence-corrected chi connectivity index (χ3v) is 3.72. The van der Waals surface area contributed by atoms with Crippen molar-refractivity contribution < 1.29 is 5.11 Å². The number of phenols is 1. The quantitative estimate of drug-likeness (QED) is 0.561. The molecule has 2 aromatic heterocycles. The van der Waals surface area contributed by atoms with Gasteiger partial charge in [-0.3, -0.25) is 4.79 Å². The van der Waals surface area contributed by atoms with Gasteiger partial charge in [-0.15, -0.1) is 0 Å². The highest BCUT2D eigenvalue weighted by atomic mass is 16.3. The van der Waals surface area contributed by atoms with Crippen LogP contribution in [-0.4, -0.2) is 14.7 Å². The zero-order valence-corrected chi connectivity index (χ0v) is 11.1. The first-order valence-corrected chi connectivity index (χ1v) is 6.65. The first-order valence-electron chi connectivity index (χ1n) is 6.65. The molecule has 0 saturated carbocycles. The second-order valence-corrected chi connectivity index (χ2v) is 4.97. The van der Waals surface area contributed by atoms with Crippen molar-refractivity contribution in [3.8, 4) is 11.4 Å². The number of benzene rings is 2. The number of aromatic amines is 1. The van der Waals surface area contributed by atoms with Crippen LogP contribution in [0.1, 0.15) is 0 Å². The molecular weight excluding hydrogens is 264 g/mol. The topological polar surface area (TPSA) is 58.0 Å². The Balaban J connectivity index is 2.08. The number of fused-ring (bicyclic) bond motifs is 2. The fraction of sp³-hybridized carbons (Fsp3) is 0. The highest BCUT2D eigenvalue weighted by Gasteiger charge is 2.08. The van der Waals surface area contributed by atoms with Crippen LogP contribution in [0.2, 0.25) is 0 Å². The predicted octanol–water partition coefficient (Wildman–Crippen LogP) is 3.18. The Hall–Kier alpha value is -3.01. The number of hydrogen-bond donors (Lipinski definition) is 2. The second kappa shape index (κ2) is 4.24. The number of hydrogen-bond acceptors (Lipinski definition) is 2. The van der Waals surface area contributed by atoms with Crippen LogP contribution in [0.3, 0.4) is 0 Å². The first-order chi connectivity index (χ1) is 10.2. The van der Waals surface area contributed by atoms with Gasteiger partial charge in [-0.2, -0.15) is 0 Å². The summed E-state index contributed by atoms with van der Waals surface area (Å²) in [6.45, 7) is 0. The Morgan fingerprint density at radius 3 is 2.86 bits per heavy atom. The smallest absolute Gasteiger partial charge is 0.193 e. The van der Waals surface area contributed by atoms with E-state index in [0.29, 0.717) is 10.9 Å². The molecule has 2 heterocycles.